The van der Waals surface area contributed by atoms with E-state index in [1.807, 2.05) is 19.1 Å². The molecule has 2 aromatic carbocycles. The monoisotopic (exact) mass is 347 g/mol. The Morgan fingerprint density at radius 1 is 1.17 bits per heavy atom. The van der Waals surface area contributed by atoms with E-state index in [0.717, 1.165) is 5.56 Å². The molecular formula is C18H18FNO3S. The first-order valence-corrected chi connectivity index (χ1v) is 8.45. The van der Waals surface area contributed by atoms with E-state index in [1.165, 1.54) is 36.0 Å². The lowest BCUT2D eigenvalue weighted by Crippen LogP contribution is -2.23. The molecule has 0 aliphatic rings. The predicted molar refractivity (Wildman–Crippen MR) is 93.8 cm³/mol. The molecule has 0 bridgehead atoms. The van der Waals surface area contributed by atoms with E-state index in [1.54, 1.807) is 19.1 Å². The number of hydrogen-bond donors (Lipinski definition) is 1. The van der Waals surface area contributed by atoms with E-state index < -0.39 is 11.2 Å². The molecule has 0 spiro atoms. The molecule has 0 radical (unpaired) electrons. The largest absolute Gasteiger partial charge is 0.425 e. The van der Waals surface area contributed by atoms with Gasteiger partial charge in [-0.2, -0.15) is 0 Å². The van der Waals surface area contributed by atoms with Gasteiger partial charge in [0.2, 0.25) is 5.91 Å². The third-order valence-corrected chi connectivity index (χ3v) is 4.35. The number of aryl methyl sites for hydroxylation is 1. The van der Waals surface area contributed by atoms with Crippen LogP contribution in [0.15, 0.2) is 48.5 Å². The molecule has 2 aromatic rings. The fraction of sp³-hybridized carbons (Fsp3) is 0.222. The zero-order chi connectivity index (χ0) is 17.5. The molecule has 0 saturated heterocycles. The van der Waals surface area contributed by atoms with Crippen LogP contribution in [0.3, 0.4) is 0 Å². The number of rotatable bonds is 6. The van der Waals surface area contributed by atoms with Crippen molar-refractivity contribution in [3.05, 3.63) is 59.9 Å². The summed E-state index contributed by atoms with van der Waals surface area (Å²) >= 11 is 1.18. The fourth-order valence-electron chi connectivity index (χ4n) is 1.86. The molecule has 4 nitrogen and oxygen atoms in total. The molecule has 1 atom stereocenters. The van der Waals surface area contributed by atoms with Crippen LogP contribution in [0, 0.1) is 12.7 Å². The summed E-state index contributed by atoms with van der Waals surface area (Å²) < 4.78 is 18.1. The quantitative estimate of drug-likeness (QED) is 0.638. The molecule has 24 heavy (non-hydrogen) atoms. The van der Waals surface area contributed by atoms with E-state index >= 15 is 0 Å². The Labute approximate surface area is 144 Å². The summed E-state index contributed by atoms with van der Waals surface area (Å²) in [6, 6.07) is 12.7. The molecular weight excluding hydrogens is 329 g/mol. The van der Waals surface area contributed by atoms with Crippen LogP contribution in [0.25, 0.3) is 0 Å². The first-order chi connectivity index (χ1) is 11.5. The highest BCUT2D eigenvalue weighted by Crippen LogP contribution is 2.20. The average molecular weight is 347 g/mol. The van der Waals surface area contributed by atoms with Crippen LogP contribution in [0.4, 0.5) is 10.1 Å². The third-order valence-electron chi connectivity index (χ3n) is 3.23. The molecule has 0 aliphatic carbocycles. The number of thioether (sulfide) groups is 1. The van der Waals surface area contributed by atoms with Crippen LogP contribution in [-0.4, -0.2) is 22.9 Å². The smallest absolute Gasteiger partial charge is 0.324 e. The van der Waals surface area contributed by atoms with Gasteiger partial charge >= 0.3 is 5.97 Å². The summed E-state index contributed by atoms with van der Waals surface area (Å²) in [6.45, 7) is 3.55. The molecule has 2 rings (SSSR count). The van der Waals surface area contributed by atoms with E-state index in [0.29, 0.717) is 11.4 Å². The average Bonchev–Trinajstić information content (AvgIpc) is 2.56. The standard InChI is InChI=1S/C18H18FNO3S/c1-12-5-3-4-6-16(12)23-18(22)13(2)24-11-17(21)20-15-9-7-14(19)8-10-15/h3-10,13H,11H2,1-2H3,(H,20,21). The number of nitrogens with one attached hydrogen (secondary N) is 1. The first kappa shape index (κ1) is 18.0. The maximum Gasteiger partial charge on any atom is 0.324 e. The number of carbonyl (C=O) groups is 2. The summed E-state index contributed by atoms with van der Waals surface area (Å²) in [5.41, 5.74) is 1.38. The van der Waals surface area contributed by atoms with E-state index in [4.69, 9.17) is 4.74 Å². The van der Waals surface area contributed by atoms with Crippen molar-refractivity contribution in [1.29, 1.82) is 0 Å². The van der Waals surface area contributed by atoms with Gasteiger partial charge in [0.25, 0.3) is 0 Å². The Morgan fingerprint density at radius 3 is 2.50 bits per heavy atom. The number of hydrogen-bond acceptors (Lipinski definition) is 4. The van der Waals surface area contributed by atoms with Crippen molar-refractivity contribution in [3.63, 3.8) is 0 Å². The Bertz CT molecular complexity index is 718. The van der Waals surface area contributed by atoms with Crippen molar-refractivity contribution in [3.8, 4) is 5.75 Å². The van der Waals surface area contributed by atoms with Gasteiger partial charge in [0.1, 0.15) is 16.8 Å². The molecule has 0 heterocycles. The van der Waals surface area contributed by atoms with E-state index in [-0.39, 0.29) is 17.5 Å². The van der Waals surface area contributed by atoms with Crippen molar-refractivity contribution in [2.45, 2.75) is 19.1 Å². The van der Waals surface area contributed by atoms with Crippen LogP contribution in [0.1, 0.15) is 12.5 Å². The third kappa shape index (κ3) is 5.38. The number of amides is 1. The Hall–Kier alpha value is -2.34. The van der Waals surface area contributed by atoms with Crippen LogP contribution in [0.2, 0.25) is 0 Å². The molecule has 0 saturated carbocycles. The van der Waals surface area contributed by atoms with Gasteiger partial charge in [-0.15, -0.1) is 11.8 Å². The second kappa shape index (κ2) is 8.49. The van der Waals surface area contributed by atoms with Gasteiger partial charge in [0.05, 0.1) is 5.75 Å². The van der Waals surface area contributed by atoms with Gasteiger partial charge in [-0.3, -0.25) is 9.59 Å². The maximum atomic E-state index is 12.8. The number of esters is 1. The maximum absolute atomic E-state index is 12.8. The highest BCUT2D eigenvalue weighted by molar-refractivity contribution is 8.01. The van der Waals surface area contributed by atoms with Crippen molar-refractivity contribution in [2.75, 3.05) is 11.1 Å². The summed E-state index contributed by atoms with van der Waals surface area (Å²) in [5.74, 6) is -0.409. The van der Waals surface area contributed by atoms with Crippen LogP contribution in [0.5, 0.6) is 5.75 Å². The zero-order valence-corrected chi connectivity index (χ0v) is 14.2. The molecule has 126 valence electrons. The van der Waals surface area contributed by atoms with Gasteiger partial charge in [-0.1, -0.05) is 18.2 Å². The summed E-state index contributed by atoms with van der Waals surface area (Å²) in [6.07, 6.45) is 0. The van der Waals surface area contributed by atoms with Gasteiger partial charge in [-0.25, -0.2) is 4.39 Å². The summed E-state index contributed by atoms with van der Waals surface area (Å²) in [5, 5.41) is 2.16. The van der Waals surface area contributed by atoms with Crippen LogP contribution >= 0.6 is 11.8 Å². The lowest BCUT2D eigenvalue weighted by Gasteiger charge is -2.12. The second-order valence-corrected chi connectivity index (χ2v) is 6.52. The van der Waals surface area contributed by atoms with Crippen molar-refractivity contribution in [2.24, 2.45) is 0 Å². The first-order valence-electron chi connectivity index (χ1n) is 7.40. The summed E-state index contributed by atoms with van der Waals surface area (Å²) in [4.78, 5) is 23.9. The highest BCUT2D eigenvalue weighted by Gasteiger charge is 2.18. The van der Waals surface area contributed by atoms with E-state index in [2.05, 4.69) is 5.32 Å². The van der Waals surface area contributed by atoms with Crippen molar-refractivity contribution in [1.82, 2.24) is 0 Å². The zero-order valence-electron chi connectivity index (χ0n) is 13.4. The topological polar surface area (TPSA) is 55.4 Å². The van der Waals surface area contributed by atoms with Crippen LogP contribution in [-0.2, 0) is 9.59 Å². The number of ether oxygens (including phenoxy) is 1. The summed E-state index contributed by atoms with van der Waals surface area (Å²) in [7, 11) is 0. The second-order valence-electron chi connectivity index (χ2n) is 5.19. The Morgan fingerprint density at radius 2 is 1.83 bits per heavy atom. The predicted octanol–water partition coefficient (Wildman–Crippen LogP) is 3.80. The Balaban J connectivity index is 1.80. The van der Waals surface area contributed by atoms with Gasteiger partial charge in [0, 0.05) is 5.69 Å². The van der Waals surface area contributed by atoms with Crippen LogP contribution < -0.4 is 10.1 Å². The number of halogens is 1. The molecule has 1 amide bonds. The minimum atomic E-state index is -0.483. The SMILES string of the molecule is Cc1ccccc1OC(=O)C(C)SCC(=O)Nc1ccc(F)cc1. The lowest BCUT2D eigenvalue weighted by molar-refractivity contribution is -0.133. The molecule has 1 unspecified atom stereocenters. The normalized spacial score (nSPS) is 11.6. The Kier molecular flexibility index (Phi) is 6.37. The molecule has 0 aliphatic heterocycles. The number of para-hydroxylation sites is 1. The fourth-order valence-corrected chi connectivity index (χ4v) is 2.52. The number of benzene rings is 2. The van der Waals surface area contributed by atoms with Crippen molar-refractivity contribution >= 4 is 29.3 Å². The minimum absolute atomic E-state index is 0.0986. The molecule has 0 fully saturated rings. The molecule has 1 N–H and O–H groups in total. The highest BCUT2D eigenvalue weighted by atomic mass is 32.2. The lowest BCUT2D eigenvalue weighted by atomic mass is 10.2. The minimum Gasteiger partial charge on any atom is -0.425 e. The van der Waals surface area contributed by atoms with Gasteiger partial charge < -0.3 is 10.1 Å². The van der Waals surface area contributed by atoms with Crippen molar-refractivity contribution < 1.29 is 18.7 Å². The van der Waals surface area contributed by atoms with Gasteiger partial charge in [-0.05, 0) is 49.7 Å². The number of carbonyl (C=O) groups excluding carboxylic acids is 2. The molecule has 6 heteroatoms. The number of anilines is 1. The van der Waals surface area contributed by atoms with Gasteiger partial charge in [0.15, 0.2) is 0 Å². The van der Waals surface area contributed by atoms with E-state index in [9.17, 15) is 14.0 Å². The molecule has 0 aromatic heterocycles.